The minimum atomic E-state index is -1.62. The summed E-state index contributed by atoms with van der Waals surface area (Å²) < 4.78 is 42.8. The molecular weight excluding hydrogens is 237 g/mol. The van der Waals surface area contributed by atoms with Crippen LogP contribution in [-0.4, -0.2) is 11.1 Å². The van der Waals surface area contributed by atoms with Crippen LogP contribution in [0.3, 0.4) is 0 Å². The minimum absolute atomic E-state index is 0.0835. The van der Waals surface area contributed by atoms with E-state index in [2.05, 4.69) is 15.0 Å². The lowest BCUT2D eigenvalue weighted by Crippen LogP contribution is -2.13. The average molecular weight is 242 g/mol. The van der Waals surface area contributed by atoms with Crippen molar-refractivity contribution < 1.29 is 22.5 Å². The number of nitrogens with one attached hydrogen (secondary N) is 1. The topological polar surface area (TPSA) is 55.1 Å². The normalized spacial score (nSPS) is 10.3. The first-order valence-corrected chi connectivity index (χ1v) is 4.44. The molecule has 0 aliphatic carbocycles. The number of nitrogens with zero attached hydrogens (tertiary/aromatic N) is 1. The van der Waals surface area contributed by atoms with Crippen molar-refractivity contribution in [2.24, 2.45) is 0 Å². The Hall–Kier alpha value is -2.31. The fraction of sp³-hybridized carbons (Fsp3) is 0. The fourth-order valence-corrected chi connectivity index (χ4v) is 1.15. The van der Waals surface area contributed by atoms with Crippen LogP contribution in [0.15, 0.2) is 29.0 Å². The van der Waals surface area contributed by atoms with Gasteiger partial charge in [-0.25, -0.2) is 13.2 Å². The molecule has 7 heteroatoms. The van der Waals surface area contributed by atoms with Crippen LogP contribution in [0.1, 0.15) is 10.4 Å². The molecule has 4 nitrogen and oxygen atoms in total. The van der Waals surface area contributed by atoms with E-state index in [4.69, 9.17) is 0 Å². The number of amides is 1. The summed E-state index contributed by atoms with van der Waals surface area (Å²) in [4.78, 5) is 11.5. The van der Waals surface area contributed by atoms with Gasteiger partial charge in [-0.2, -0.15) is 0 Å². The van der Waals surface area contributed by atoms with Crippen LogP contribution in [0.2, 0.25) is 0 Å². The second-order valence-electron chi connectivity index (χ2n) is 3.09. The molecule has 1 heterocycles. The number of hydrogen-bond donors (Lipinski definition) is 1. The smallest absolute Gasteiger partial charge is 0.257 e. The molecule has 0 aliphatic heterocycles. The summed E-state index contributed by atoms with van der Waals surface area (Å²) in [5.74, 6) is -5.23. The summed E-state index contributed by atoms with van der Waals surface area (Å²) in [7, 11) is 0. The Morgan fingerprint density at radius 1 is 1.24 bits per heavy atom. The van der Waals surface area contributed by atoms with Gasteiger partial charge in [0.15, 0.2) is 23.3 Å². The molecule has 1 N–H and O–H groups in total. The molecule has 2 rings (SSSR count). The van der Waals surface area contributed by atoms with E-state index in [1.807, 2.05) is 0 Å². The quantitative estimate of drug-likeness (QED) is 0.822. The van der Waals surface area contributed by atoms with E-state index in [1.54, 1.807) is 0 Å². The highest BCUT2D eigenvalue weighted by Crippen LogP contribution is 2.14. The third-order valence-electron chi connectivity index (χ3n) is 1.93. The van der Waals surface area contributed by atoms with Gasteiger partial charge in [0.25, 0.3) is 5.91 Å². The molecule has 0 atom stereocenters. The van der Waals surface area contributed by atoms with Crippen LogP contribution >= 0.6 is 0 Å². The number of carbonyl (C=O) groups excluding carboxylic acids is 1. The predicted molar refractivity (Wildman–Crippen MR) is 50.8 cm³/mol. The molecule has 88 valence electrons. The SMILES string of the molecule is O=C(Nc1ccon1)c1cc(F)c(F)c(F)c1. The maximum Gasteiger partial charge on any atom is 0.257 e. The third kappa shape index (κ3) is 2.27. The van der Waals surface area contributed by atoms with Crippen molar-refractivity contribution in [3.05, 3.63) is 47.5 Å². The van der Waals surface area contributed by atoms with E-state index < -0.39 is 23.4 Å². The van der Waals surface area contributed by atoms with Crippen LogP contribution in [0.5, 0.6) is 0 Å². The Morgan fingerprint density at radius 2 is 1.88 bits per heavy atom. The number of hydrogen-bond acceptors (Lipinski definition) is 3. The highest BCUT2D eigenvalue weighted by Gasteiger charge is 2.15. The molecule has 2 aromatic rings. The molecule has 1 aromatic heterocycles. The largest absolute Gasteiger partial charge is 0.363 e. The van der Waals surface area contributed by atoms with E-state index >= 15 is 0 Å². The Morgan fingerprint density at radius 3 is 2.41 bits per heavy atom. The Labute approximate surface area is 93.0 Å². The van der Waals surface area contributed by atoms with Gasteiger partial charge in [-0.15, -0.1) is 0 Å². The Balaban J connectivity index is 2.26. The first-order valence-electron chi connectivity index (χ1n) is 4.44. The highest BCUT2D eigenvalue weighted by atomic mass is 19.2. The van der Waals surface area contributed by atoms with Gasteiger partial charge in [0.1, 0.15) is 6.26 Å². The minimum Gasteiger partial charge on any atom is -0.363 e. The lowest BCUT2D eigenvalue weighted by Gasteiger charge is -2.02. The maximum atomic E-state index is 12.9. The highest BCUT2D eigenvalue weighted by molar-refractivity contribution is 6.03. The second kappa shape index (κ2) is 4.28. The van der Waals surface area contributed by atoms with Crippen LogP contribution in [0, 0.1) is 17.5 Å². The molecular formula is C10H5F3N2O2. The van der Waals surface area contributed by atoms with Crippen molar-refractivity contribution in [1.82, 2.24) is 5.16 Å². The van der Waals surface area contributed by atoms with Crippen molar-refractivity contribution in [2.75, 3.05) is 5.32 Å². The monoisotopic (exact) mass is 242 g/mol. The first-order chi connectivity index (χ1) is 8.08. The molecule has 0 unspecified atom stereocenters. The average Bonchev–Trinajstić information content (AvgIpc) is 2.77. The Bertz CT molecular complexity index is 532. The van der Waals surface area contributed by atoms with Gasteiger partial charge in [-0.3, -0.25) is 4.79 Å². The van der Waals surface area contributed by atoms with Gasteiger partial charge < -0.3 is 9.84 Å². The van der Waals surface area contributed by atoms with E-state index in [0.717, 1.165) is 0 Å². The second-order valence-corrected chi connectivity index (χ2v) is 3.09. The van der Waals surface area contributed by atoms with Gasteiger partial charge in [0, 0.05) is 11.6 Å². The first kappa shape index (κ1) is 11.2. The van der Waals surface area contributed by atoms with E-state index in [-0.39, 0.29) is 11.4 Å². The number of halogens is 3. The summed E-state index contributed by atoms with van der Waals surface area (Å²) in [5.41, 5.74) is -0.357. The number of aromatic nitrogens is 1. The van der Waals surface area contributed by atoms with Gasteiger partial charge in [0.2, 0.25) is 0 Å². The summed E-state index contributed by atoms with van der Waals surface area (Å²) in [5, 5.41) is 5.59. The van der Waals surface area contributed by atoms with Crippen molar-refractivity contribution in [2.45, 2.75) is 0 Å². The Kier molecular flexibility index (Phi) is 2.82. The molecule has 0 radical (unpaired) electrons. The van der Waals surface area contributed by atoms with Crippen LogP contribution < -0.4 is 5.32 Å². The summed E-state index contributed by atoms with van der Waals surface area (Å²) in [6.45, 7) is 0. The van der Waals surface area contributed by atoms with E-state index in [1.165, 1.54) is 12.3 Å². The van der Waals surface area contributed by atoms with Gasteiger partial charge >= 0.3 is 0 Å². The number of benzene rings is 1. The van der Waals surface area contributed by atoms with Crippen molar-refractivity contribution in [3.63, 3.8) is 0 Å². The lowest BCUT2D eigenvalue weighted by atomic mass is 10.2. The maximum absolute atomic E-state index is 12.9. The van der Waals surface area contributed by atoms with Crippen molar-refractivity contribution >= 4 is 11.7 Å². The summed E-state index contributed by atoms with van der Waals surface area (Å²) >= 11 is 0. The zero-order valence-electron chi connectivity index (χ0n) is 8.21. The van der Waals surface area contributed by atoms with Gasteiger partial charge in [-0.1, -0.05) is 5.16 Å². The van der Waals surface area contributed by atoms with Crippen molar-refractivity contribution in [1.29, 1.82) is 0 Å². The lowest BCUT2D eigenvalue weighted by molar-refractivity contribution is 0.102. The molecule has 0 aliphatic rings. The van der Waals surface area contributed by atoms with Crippen LogP contribution in [-0.2, 0) is 0 Å². The molecule has 0 saturated heterocycles. The molecule has 0 bridgehead atoms. The molecule has 17 heavy (non-hydrogen) atoms. The molecule has 1 aromatic carbocycles. The third-order valence-corrected chi connectivity index (χ3v) is 1.93. The number of rotatable bonds is 2. The van der Waals surface area contributed by atoms with E-state index in [0.29, 0.717) is 12.1 Å². The molecule has 0 spiro atoms. The zero-order valence-corrected chi connectivity index (χ0v) is 8.21. The number of carbonyl (C=O) groups is 1. The standard InChI is InChI=1S/C10H5F3N2O2/c11-6-3-5(4-7(12)9(6)13)10(16)14-8-1-2-17-15-8/h1-4H,(H,14,15,16). The molecule has 0 saturated carbocycles. The van der Waals surface area contributed by atoms with Gasteiger partial charge in [0.05, 0.1) is 0 Å². The van der Waals surface area contributed by atoms with Crippen LogP contribution in [0.25, 0.3) is 0 Å². The summed E-state index contributed by atoms with van der Waals surface area (Å²) in [6, 6.07) is 2.52. The zero-order chi connectivity index (χ0) is 12.4. The summed E-state index contributed by atoms with van der Waals surface area (Å²) in [6.07, 6.45) is 1.21. The van der Waals surface area contributed by atoms with Gasteiger partial charge in [-0.05, 0) is 12.1 Å². The van der Waals surface area contributed by atoms with E-state index in [9.17, 15) is 18.0 Å². The fourth-order valence-electron chi connectivity index (χ4n) is 1.15. The predicted octanol–water partition coefficient (Wildman–Crippen LogP) is 2.34. The molecule has 0 fully saturated rings. The van der Waals surface area contributed by atoms with Crippen LogP contribution in [0.4, 0.5) is 19.0 Å². The molecule has 1 amide bonds. The van der Waals surface area contributed by atoms with Crippen molar-refractivity contribution in [3.8, 4) is 0 Å². The number of anilines is 1.